The molecule has 0 saturated carbocycles. The van der Waals surface area contributed by atoms with Crippen LogP contribution in [-0.4, -0.2) is 51.4 Å². The van der Waals surface area contributed by atoms with Crippen molar-refractivity contribution in [1.82, 2.24) is 30.7 Å². The maximum absolute atomic E-state index is 11.8. The first-order valence-corrected chi connectivity index (χ1v) is 7.63. The number of aromatic nitrogens is 5. The number of imidazole rings is 1. The topological polar surface area (TPSA) is 126 Å². The molecule has 0 bridgehead atoms. The SMILES string of the molecule is COC(=O)c1[nH]nnc1-c1nc2cc(C(C)(C)CNC=O)ccc2[nH]1. The number of nitrogens with zero attached hydrogens (tertiary/aromatic N) is 3. The number of esters is 1. The number of carbonyl (C=O) groups excluding carboxylic acids is 2. The van der Waals surface area contributed by atoms with Crippen molar-refractivity contribution in [3.05, 3.63) is 29.5 Å². The molecular weight excluding hydrogens is 324 g/mol. The molecule has 2 heterocycles. The molecule has 0 unspecified atom stereocenters. The summed E-state index contributed by atoms with van der Waals surface area (Å²) in [6, 6.07) is 5.82. The van der Waals surface area contributed by atoms with Gasteiger partial charge in [-0.3, -0.25) is 9.89 Å². The number of carbonyl (C=O) groups is 2. The Morgan fingerprint density at radius 3 is 2.92 bits per heavy atom. The van der Waals surface area contributed by atoms with Crippen molar-refractivity contribution in [2.24, 2.45) is 0 Å². The van der Waals surface area contributed by atoms with Crippen LogP contribution in [0.25, 0.3) is 22.6 Å². The molecule has 0 saturated heterocycles. The van der Waals surface area contributed by atoms with E-state index < -0.39 is 5.97 Å². The molecule has 0 atom stereocenters. The second-order valence-electron chi connectivity index (χ2n) is 6.23. The van der Waals surface area contributed by atoms with Crippen molar-refractivity contribution in [3.8, 4) is 11.5 Å². The summed E-state index contributed by atoms with van der Waals surface area (Å²) in [6.07, 6.45) is 0.686. The molecule has 3 rings (SSSR count). The quantitative estimate of drug-likeness (QED) is 0.456. The number of aromatic amines is 2. The number of amides is 1. The van der Waals surface area contributed by atoms with E-state index in [0.29, 0.717) is 24.5 Å². The van der Waals surface area contributed by atoms with Gasteiger partial charge in [-0.25, -0.2) is 9.78 Å². The van der Waals surface area contributed by atoms with Crippen LogP contribution in [0.3, 0.4) is 0 Å². The number of benzene rings is 1. The zero-order valence-corrected chi connectivity index (χ0v) is 14.1. The summed E-state index contributed by atoms with van der Waals surface area (Å²) in [5, 5.41) is 12.8. The predicted molar refractivity (Wildman–Crippen MR) is 89.9 cm³/mol. The highest BCUT2D eigenvalue weighted by molar-refractivity contribution is 5.93. The summed E-state index contributed by atoms with van der Waals surface area (Å²) in [4.78, 5) is 30.0. The third kappa shape index (κ3) is 3.08. The first kappa shape index (κ1) is 16.6. The Kier molecular flexibility index (Phi) is 4.22. The average Bonchev–Trinajstić information content (AvgIpc) is 3.24. The second-order valence-corrected chi connectivity index (χ2v) is 6.23. The van der Waals surface area contributed by atoms with Crippen LogP contribution in [0.5, 0.6) is 0 Å². The van der Waals surface area contributed by atoms with Crippen molar-refractivity contribution in [1.29, 1.82) is 0 Å². The van der Waals surface area contributed by atoms with E-state index in [1.54, 1.807) is 0 Å². The molecule has 130 valence electrons. The molecule has 9 nitrogen and oxygen atoms in total. The molecule has 3 N–H and O–H groups in total. The van der Waals surface area contributed by atoms with E-state index in [1.165, 1.54) is 7.11 Å². The van der Waals surface area contributed by atoms with Gasteiger partial charge in [-0.15, -0.1) is 5.10 Å². The van der Waals surface area contributed by atoms with Crippen molar-refractivity contribution in [2.45, 2.75) is 19.3 Å². The van der Waals surface area contributed by atoms with E-state index >= 15 is 0 Å². The molecule has 9 heteroatoms. The van der Waals surface area contributed by atoms with Crippen LogP contribution >= 0.6 is 0 Å². The lowest BCUT2D eigenvalue weighted by atomic mass is 9.84. The van der Waals surface area contributed by atoms with Gasteiger partial charge < -0.3 is 15.0 Å². The maximum Gasteiger partial charge on any atom is 0.358 e. The number of hydrogen-bond donors (Lipinski definition) is 3. The Morgan fingerprint density at radius 2 is 2.20 bits per heavy atom. The number of rotatable bonds is 6. The number of fused-ring (bicyclic) bond motifs is 1. The summed E-state index contributed by atoms with van der Waals surface area (Å²) < 4.78 is 4.70. The van der Waals surface area contributed by atoms with Gasteiger partial charge >= 0.3 is 5.97 Å². The van der Waals surface area contributed by atoms with E-state index in [2.05, 4.69) is 30.7 Å². The van der Waals surface area contributed by atoms with Crippen molar-refractivity contribution >= 4 is 23.4 Å². The number of ether oxygens (including phenoxy) is 1. The minimum absolute atomic E-state index is 0.136. The highest BCUT2D eigenvalue weighted by atomic mass is 16.5. The van der Waals surface area contributed by atoms with Crippen molar-refractivity contribution < 1.29 is 14.3 Å². The minimum Gasteiger partial charge on any atom is -0.464 e. The fourth-order valence-corrected chi connectivity index (χ4v) is 2.58. The van der Waals surface area contributed by atoms with Gasteiger partial charge in [0, 0.05) is 12.0 Å². The van der Waals surface area contributed by atoms with Crippen molar-refractivity contribution in [3.63, 3.8) is 0 Å². The zero-order valence-electron chi connectivity index (χ0n) is 14.1. The fourth-order valence-electron chi connectivity index (χ4n) is 2.58. The van der Waals surface area contributed by atoms with E-state index in [0.717, 1.165) is 16.6 Å². The van der Waals surface area contributed by atoms with Gasteiger partial charge in [-0.05, 0) is 17.7 Å². The minimum atomic E-state index is -0.567. The number of H-pyrrole nitrogens is 2. The third-order valence-corrected chi connectivity index (χ3v) is 4.05. The summed E-state index contributed by atoms with van der Waals surface area (Å²) in [5.41, 5.74) is 2.74. The van der Waals surface area contributed by atoms with Crippen LogP contribution in [0, 0.1) is 0 Å². The molecule has 0 spiro atoms. The number of nitrogens with one attached hydrogen (secondary N) is 3. The highest BCUT2D eigenvalue weighted by Crippen LogP contribution is 2.27. The van der Waals surface area contributed by atoms with Gasteiger partial charge in [-0.1, -0.05) is 25.1 Å². The van der Waals surface area contributed by atoms with Gasteiger partial charge in [0.15, 0.2) is 17.2 Å². The zero-order chi connectivity index (χ0) is 18.0. The van der Waals surface area contributed by atoms with Crippen LogP contribution in [0.2, 0.25) is 0 Å². The smallest absolute Gasteiger partial charge is 0.358 e. The summed E-state index contributed by atoms with van der Waals surface area (Å²) >= 11 is 0. The Bertz CT molecular complexity index is 927. The Balaban J connectivity index is 2.00. The van der Waals surface area contributed by atoms with E-state index in [4.69, 9.17) is 4.74 Å². The lowest BCUT2D eigenvalue weighted by molar-refractivity contribution is -0.109. The highest BCUT2D eigenvalue weighted by Gasteiger charge is 2.23. The van der Waals surface area contributed by atoms with Gasteiger partial charge in [0.1, 0.15) is 0 Å². The number of hydrogen-bond acceptors (Lipinski definition) is 6. The van der Waals surface area contributed by atoms with E-state index in [9.17, 15) is 9.59 Å². The van der Waals surface area contributed by atoms with E-state index in [1.807, 2.05) is 32.0 Å². The van der Waals surface area contributed by atoms with Gasteiger partial charge in [-0.2, -0.15) is 0 Å². The molecule has 0 aliphatic heterocycles. The lowest BCUT2D eigenvalue weighted by Gasteiger charge is -2.24. The van der Waals surface area contributed by atoms with Crippen LogP contribution in [0.1, 0.15) is 29.9 Å². The van der Waals surface area contributed by atoms with Crippen LogP contribution in [0.15, 0.2) is 18.2 Å². The summed E-state index contributed by atoms with van der Waals surface area (Å²) in [5.74, 6) is -0.146. The predicted octanol–water partition coefficient (Wildman–Crippen LogP) is 1.16. The normalized spacial score (nSPS) is 11.5. The molecule has 2 aromatic heterocycles. The molecule has 0 radical (unpaired) electrons. The monoisotopic (exact) mass is 342 g/mol. The Labute approximate surface area is 143 Å². The van der Waals surface area contributed by atoms with Gasteiger partial charge in [0.25, 0.3) is 0 Å². The molecule has 3 aromatic rings. The average molecular weight is 342 g/mol. The molecule has 1 amide bonds. The third-order valence-electron chi connectivity index (χ3n) is 4.05. The van der Waals surface area contributed by atoms with Crippen LogP contribution < -0.4 is 5.32 Å². The molecule has 1 aromatic carbocycles. The van der Waals surface area contributed by atoms with Gasteiger partial charge in [0.05, 0.1) is 18.1 Å². The molecule has 0 aliphatic carbocycles. The molecule has 25 heavy (non-hydrogen) atoms. The molecule has 0 fully saturated rings. The van der Waals surface area contributed by atoms with Crippen LogP contribution in [0.4, 0.5) is 0 Å². The molecular formula is C16H18N6O3. The van der Waals surface area contributed by atoms with Gasteiger partial charge in [0.2, 0.25) is 6.41 Å². The fraction of sp³-hybridized carbons (Fsp3) is 0.312. The standard InChI is InChI=1S/C16H18N6O3/c1-16(2,7-17-8-23)9-4-5-10-11(6-9)19-14(18-10)12-13(15(24)25-3)21-22-20-12/h4-6,8H,7H2,1-3H3,(H,17,23)(H,18,19)(H,20,21,22). The second kappa shape index (κ2) is 6.34. The first-order valence-electron chi connectivity index (χ1n) is 7.63. The maximum atomic E-state index is 11.8. The first-order chi connectivity index (χ1) is 12.0. The summed E-state index contributed by atoms with van der Waals surface area (Å²) in [6.45, 7) is 4.57. The number of methoxy groups -OCH3 is 1. The Morgan fingerprint density at radius 1 is 1.40 bits per heavy atom. The summed E-state index contributed by atoms with van der Waals surface area (Å²) in [7, 11) is 1.29. The Hall–Kier alpha value is -3.23. The lowest BCUT2D eigenvalue weighted by Crippen LogP contribution is -2.32. The largest absolute Gasteiger partial charge is 0.464 e. The van der Waals surface area contributed by atoms with Crippen LogP contribution in [-0.2, 0) is 14.9 Å². The van der Waals surface area contributed by atoms with E-state index in [-0.39, 0.29) is 11.1 Å². The van der Waals surface area contributed by atoms with Crippen molar-refractivity contribution in [2.75, 3.05) is 13.7 Å². The molecule has 0 aliphatic rings.